The molecule has 0 aliphatic heterocycles. The number of allylic oxidation sites excluding steroid dienone is 5. The molecule has 0 N–H and O–H groups in total. The van der Waals surface area contributed by atoms with Gasteiger partial charge >= 0.3 is 0 Å². The van der Waals surface area contributed by atoms with Crippen LogP contribution in [-0.2, 0) is 11.8 Å². The van der Waals surface area contributed by atoms with Crippen molar-refractivity contribution >= 4 is 54.5 Å². The second kappa shape index (κ2) is 13.5. The van der Waals surface area contributed by atoms with Crippen LogP contribution in [0.3, 0.4) is 0 Å². The summed E-state index contributed by atoms with van der Waals surface area (Å²) in [5.41, 5.74) is 20.0. The number of hydrogen-bond acceptors (Lipinski definition) is 2. The van der Waals surface area contributed by atoms with Gasteiger partial charge in [0.25, 0.3) is 0 Å². The molecular formula is C55H43NS. The summed E-state index contributed by atoms with van der Waals surface area (Å²) in [5.74, 6) is 0. The lowest BCUT2D eigenvalue weighted by Gasteiger charge is -2.33. The topological polar surface area (TPSA) is 3.24 Å². The van der Waals surface area contributed by atoms with E-state index in [2.05, 4.69) is 195 Å². The first-order valence-electron chi connectivity index (χ1n) is 20.4. The molecule has 7 aromatic carbocycles. The maximum atomic E-state index is 2.53. The molecule has 0 spiro atoms. The first-order chi connectivity index (χ1) is 28.0. The highest BCUT2D eigenvalue weighted by atomic mass is 32.1. The van der Waals surface area contributed by atoms with Crippen molar-refractivity contribution < 1.29 is 0 Å². The predicted octanol–water partition coefficient (Wildman–Crippen LogP) is 15.6. The van der Waals surface area contributed by atoms with Gasteiger partial charge in [-0.2, -0.15) is 0 Å². The summed E-state index contributed by atoms with van der Waals surface area (Å²) in [6.07, 6.45) is 13.5. The summed E-state index contributed by atoms with van der Waals surface area (Å²) >= 11 is 1.94. The summed E-state index contributed by atoms with van der Waals surface area (Å²) in [5, 5.41) is 2.73. The van der Waals surface area contributed by atoms with E-state index in [1.54, 1.807) is 0 Å². The van der Waals surface area contributed by atoms with Crippen molar-refractivity contribution in [2.24, 2.45) is 0 Å². The van der Waals surface area contributed by atoms with Crippen LogP contribution in [0.25, 0.3) is 65.2 Å². The van der Waals surface area contributed by atoms with Crippen LogP contribution in [0.1, 0.15) is 60.9 Å². The first kappa shape index (κ1) is 34.1. The van der Waals surface area contributed by atoms with Crippen molar-refractivity contribution in [3.8, 4) is 33.4 Å². The van der Waals surface area contributed by atoms with E-state index in [4.69, 9.17) is 0 Å². The van der Waals surface area contributed by atoms with Crippen LogP contribution in [0.5, 0.6) is 0 Å². The van der Waals surface area contributed by atoms with Gasteiger partial charge in [-0.25, -0.2) is 0 Å². The SMILES string of the molecule is CC1(C)c2cc(-c3ccc(N(C4=CC=C(c5ccccc5)CC4)c4ccc(-c5ccccc5)cc4)c4c3CCC=C4)ccc2-c2c1ccc1c2sc2ccccc21. The van der Waals surface area contributed by atoms with Crippen molar-refractivity contribution in [2.75, 3.05) is 4.90 Å². The Kier molecular flexibility index (Phi) is 8.05. The van der Waals surface area contributed by atoms with Crippen LogP contribution in [0, 0.1) is 0 Å². The van der Waals surface area contributed by atoms with Crippen LogP contribution in [0.15, 0.2) is 176 Å². The molecule has 0 saturated carbocycles. The lowest BCUT2D eigenvalue weighted by molar-refractivity contribution is 0.661. The number of thiophene rings is 1. The molecular weight excluding hydrogens is 707 g/mol. The third kappa shape index (κ3) is 5.57. The molecule has 1 heterocycles. The minimum Gasteiger partial charge on any atom is -0.314 e. The summed E-state index contributed by atoms with van der Waals surface area (Å²) in [7, 11) is 0. The van der Waals surface area contributed by atoms with Gasteiger partial charge in [-0.05, 0) is 118 Å². The molecule has 0 bridgehead atoms. The third-order valence-corrected chi connectivity index (χ3v) is 13.9. The molecule has 11 rings (SSSR count). The molecule has 274 valence electrons. The van der Waals surface area contributed by atoms with Crippen LogP contribution < -0.4 is 4.90 Å². The van der Waals surface area contributed by atoms with Crippen molar-refractivity contribution in [2.45, 2.75) is 44.9 Å². The number of benzene rings is 7. The largest absolute Gasteiger partial charge is 0.314 e. The van der Waals surface area contributed by atoms with Gasteiger partial charge in [0.05, 0.1) is 5.69 Å². The van der Waals surface area contributed by atoms with Gasteiger partial charge in [0.15, 0.2) is 0 Å². The lowest BCUT2D eigenvalue weighted by Crippen LogP contribution is -2.20. The zero-order chi connectivity index (χ0) is 38.1. The highest BCUT2D eigenvalue weighted by molar-refractivity contribution is 7.26. The number of rotatable bonds is 6. The highest BCUT2D eigenvalue weighted by Crippen LogP contribution is 2.55. The van der Waals surface area contributed by atoms with Gasteiger partial charge in [0.2, 0.25) is 0 Å². The first-order valence-corrected chi connectivity index (χ1v) is 21.2. The van der Waals surface area contributed by atoms with E-state index in [1.165, 1.54) is 104 Å². The van der Waals surface area contributed by atoms with Crippen LogP contribution in [0.2, 0.25) is 0 Å². The highest BCUT2D eigenvalue weighted by Gasteiger charge is 2.37. The Morgan fingerprint density at radius 1 is 0.561 bits per heavy atom. The van der Waals surface area contributed by atoms with Gasteiger partial charge in [-0.15, -0.1) is 11.3 Å². The van der Waals surface area contributed by atoms with Gasteiger partial charge in [-0.1, -0.05) is 153 Å². The van der Waals surface area contributed by atoms with Gasteiger partial charge < -0.3 is 4.90 Å². The normalized spacial score (nSPS) is 15.2. The Labute approximate surface area is 339 Å². The van der Waals surface area contributed by atoms with E-state index < -0.39 is 0 Å². The van der Waals surface area contributed by atoms with Gasteiger partial charge in [0, 0.05) is 48.1 Å². The fraction of sp³-hybridized carbons (Fsp3) is 0.127. The number of anilines is 2. The van der Waals surface area contributed by atoms with Crippen molar-refractivity contribution in [1.82, 2.24) is 0 Å². The van der Waals surface area contributed by atoms with E-state index in [-0.39, 0.29) is 5.41 Å². The zero-order valence-corrected chi connectivity index (χ0v) is 33.2. The Balaban J connectivity index is 1.03. The molecule has 57 heavy (non-hydrogen) atoms. The molecule has 0 unspecified atom stereocenters. The molecule has 2 heteroatoms. The van der Waals surface area contributed by atoms with Crippen LogP contribution in [-0.4, -0.2) is 0 Å². The van der Waals surface area contributed by atoms with E-state index in [1.807, 2.05) is 11.3 Å². The van der Waals surface area contributed by atoms with Gasteiger partial charge in [-0.3, -0.25) is 0 Å². The number of nitrogens with zero attached hydrogens (tertiary/aromatic N) is 1. The number of hydrogen-bond donors (Lipinski definition) is 0. The quantitative estimate of drug-likeness (QED) is 0.164. The average Bonchev–Trinajstić information content (AvgIpc) is 3.76. The predicted molar refractivity (Wildman–Crippen MR) is 245 cm³/mol. The molecule has 3 aliphatic rings. The minimum atomic E-state index is -0.0900. The monoisotopic (exact) mass is 749 g/mol. The molecule has 0 fully saturated rings. The van der Waals surface area contributed by atoms with Crippen molar-refractivity contribution in [3.05, 3.63) is 203 Å². The second-order valence-corrected chi connectivity index (χ2v) is 17.3. The van der Waals surface area contributed by atoms with Crippen molar-refractivity contribution in [1.29, 1.82) is 0 Å². The van der Waals surface area contributed by atoms with E-state index in [0.717, 1.165) is 25.7 Å². The fourth-order valence-electron chi connectivity index (χ4n) is 9.77. The molecule has 0 amide bonds. The van der Waals surface area contributed by atoms with E-state index in [9.17, 15) is 0 Å². The summed E-state index contributed by atoms with van der Waals surface area (Å²) in [6, 6.07) is 56.5. The molecule has 8 aromatic rings. The minimum absolute atomic E-state index is 0.0900. The smallest absolute Gasteiger partial charge is 0.0533 e. The third-order valence-electron chi connectivity index (χ3n) is 12.7. The maximum Gasteiger partial charge on any atom is 0.0533 e. The molecule has 0 atom stereocenters. The number of fused-ring (bicyclic) bond motifs is 8. The fourth-order valence-corrected chi connectivity index (χ4v) is 11.0. The summed E-state index contributed by atoms with van der Waals surface area (Å²) in [6.45, 7) is 4.83. The molecule has 1 nitrogen and oxygen atoms in total. The summed E-state index contributed by atoms with van der Waals surface area (Å²) in [4.78, 5) is 2.53. The summed E-state index contributed by atoms with van der Waals surface area (Å²) < 4.78 is 2.78. The Morgan fingerprint density at radius 2 is 1.28 bits per heavy atom. The zero-order valence-electron chi connectivity index (χ0n) is 32.4. The van der Waals surface area contributed by atoms with Crippen LogP contribution >= 0.6 is 11.3 Å². The van der Waals surface area contributed by atoms with Crippen LogP contribution in [0.4, 0.5) is 11.4 Å². The second-order valence-electron chi connectivity index (χ2n) is 16.3. The maximum absolute atomic E-state index is 2.53. The van der Waals surface area contributed by atoms with E-state index >= 15 is 0 Å². The average molecular weight is 750 g/mol. The standard InChI is InChI=1S/C55H43NS/c1-55(2)49-33-31-47-46-19-11-12-20-52(46)57-54(47)53(49)48-30-25-40(35-50(48)55)43-32-34-51(45-18-10-9-17-44(43)45)56(41-26-21-38(22-27-41)36-13-5-3-6-14-36)42-28-23-39(24-29-42)37-15-7-4-8-16-37/h3-8,10-16,18-23,25-28,30-35H,9,17,24,29H2,1-2H3. The van der Waals surface area contributed by atoms with Crippen molar-refractivity contribution in [3.63, 3.8) is 0 Å². The lowest BCUT2D eigenvalue weighted by atomic mass is 9.80. The Hall–Kier alpha value is -6.22. The Bertz CT molecular complexity index is 2960. The Morgan fingerprint density at radius 3 is 2.07 bits per heavy atom. The van der Waals surface area contributed by atoms with Gasteiger partial charge in [0.1, 0.15) is 0 Å². The molecule has 1 aromatic heterocycles. The van der Waals surface area contributed by atoms with E-state index in [0.29, 0.717) is 0 Å². The molecule has 0 radical (unpaired) electrons. The molecule has 3 aliphatic carbocycles. The molecule has 0 saturated heterocycles.